The average Bonchev–Trinajstić information content (AvgIpc) is 2.53. The van der Waals surface area contributed by atoms with Crippen molar-refractivity contribution in [1.82, 2.24) is 0 Å². The van der Waals surface area contributed by atoms with Gasteiger partial charge in [0.25, 0.3) is 0 Å². The molecule has 0 fully saturated rings. The van der Waals surface area contributed by atoms with Crippen LogP contribution in [0.3, 0.4) is 0 Å². The fourth-order valence-corrected chi connectivity index (χ4v) is 1.62. The van der Waals surface area contributed by atoms with Crippen LogP contribution < -0.4 is 9.47 Å². The summed E-state index contributed by atoms with van der Waals surface area (Å²) in [6.45, 7) is 1.75. The van der Waals surface area contributed by atoms with Gasteiger partial charge in [-0.15, -0.1) is 0 Å². The molecule has 0 bridgehead atoms. The summed E-state index contributed by atoms with van der Waals surface area (Å²) in [6.07, 6.45) is -1.74. The minimum Gasteiger partial charge on any atom is -0.496 e. The van der Waals surface area contributed by atoms with E-state index >= 15 is 0 Å². The molecule has 0 aliphatic heterocycles. The molecule has 9 heteroatoms. The number of hydrogen-bond acceptors (Lipinski definition) is 9. The van der Waals surface area contributed by atoms with Crippen molar-refractivity contribution in [1.29, 1.82) is 0 Å². The Morgan fingerprint density at radius 3 is 2.17 bits per heavy atom. The zero-order valence-corrected chi connectivity index (χ0v) is 13.2. The third-order valence-electron chi connectivity index (χ3n) is 2.54. The van der Waals surface area contributed by atoms with Crippen molar-refractivity contribution in [2.45, 2.75) is 13.0 Å². The molecular formula is C14H18O9. The maximum atomic E-state index is 12.0. The van der Waals surface area contributed by atoms with Crippen LogP contribution in [0.4, 0.5) is 4.79 Å². The molecule has 0 aliphatic carbocycles. The summed E-state index contributed by atoms with van der Waals surface area (Å²) in [7, 11) is 4.19. The highest BCUT2D eigenvalue weighted by Crippen LogP contribution is 2.28. The first-order valence-electron chi connectivity index (χ1n) is 6.49. The van der Waals surface area contributed by atoms with Gasteiger partial charge in [0, 0.05) is 7.11 Å². The number of benzene rings is 1. The molecule has 0 spiro atoms. The predicted molar refractivity (Wildman–Crippen MR) is 75.0 cm³/mol. The molecule has 128 valence electrons. The SMILES string of the molecule is COCC(C)OC(=O)OOOC(=O)c1c(OC)cccc1OC. The van der Waals surface area contributed by atoms with E-state index in [1.807, 2.05) is 0 Å². The van der Waals surface area contributed by atoms with E-state index in [2.05, 4.69) is 14.8 Å². The zero-order valence-electron chi connectivity index (χ0n) is 13.2. The van der Waals surface area contributed by atoms with Crippen molar-refractivity contribution in [3.05, 3.63) is 23.8 Å². The molecular weight excluding hydrogens is 312 g/mol. The summed E-state index contributed by atoms with van der Waals surface area (Å²) in [6, 6.07) is 4.68. The van der Waals surface area contributed by atoms with E-state index in [-0.39, 0.29) is 23.7 Å². The van der Waals surface area contributed by atoms with E-state index in [0.29, 0.717) is 0 Å². The summed E-state index contributed by atoms with van der Waals surface area (Å²) in [5.74, 6) is -0.569. The van der Waals surface area contributed by atoms with E-state index in [4.69, 9.17) is 18.9 Å². The highest BCUT2D eigenvalue weighted by Gasteiger charge is 2.22. The second kappa shape index (κ2) is 9.49. The minimum atomic E-state index is -1.19. The number of hydrogen-bond donors (Lipinski definition) is 0. The van der Waals surface area contributed by atoms with Gasteiger partial charge in [-0.1, -0.05) is 6.07 Å². The molecule has 1 aromatic carbocycles. The van der Waals surface area contributed by atoms with Gasteiger partial charge in [0.05, 0.1) is 25.9 Å². The largest absolute Gasteiger partial charge is 0.543 e. The molecule has 1 rings (SSSR count). The highest BCUT2D eigenvalue weighted by molar-refractivity contribution is 5.95. The van der Waals surface area contributed by atoms with Gasteiger partial charge in [-0.2, -0.15) is 0 Å². The lowest BCUT2D eigenvalue weighted by molar-refractivity contribution is -0.453. The topological polar surface area (TPSA) is 98.8 Å². The van der Waals surface area contributed by atoms with Crippen molar-refractivity contribution in [2.75, 3.05) is 27.9 Å². The molecule has 1 atom stereocenters. The van der Waals surface area contributed by atoms with Crippen LogP contribution in [0.25, 0.3) is 0 Å². The third-order valence-corrected chi connectivity index (χ3v) is 2.54. The molecule has 9 nitrogen and oxygen atoms in total. The van der Waals surface area contributed by atoms with E-state index < -0.39 is 18.2 Å². The lowest BCUT2D eigenvalue weighted by Crippen LogP contribution is -2.21. The van der Waals surface area contributed by atoms with Crippen LogP contribution in [-0.4, -0.2) is 46.2 Å². The Kier molecular flexibility index (Phi) is 7.64. The summed E-state index contributed by atoms with van der Waals surface area (Å²) in [5.41, 5.74) is -0.0257. The fourth-order valence-electron chi connectivity index (χ4n) is 1.62. The zero-order chi connectivity index (χ0) is 17.2. The maximum Gasteiger partial charge on any atom is 0.543 e. The first kappa shape index (κ1) is 18.5. The lowest BCUT2D eigenvalue weighted by atomic mass is 10.2. The molecule has 0 N–H and O–H groups in total. The smallest absolute Gasteiger partial charge is 0.496 e. The molecule has 0 aliphatic rings. The third kappa shape index (κ3) is 5.64. The quantitative estimate of drug-likeness (QED) is 0.402. The number of carbonyl (C=O) groups is 2. The van der Waals surface area contributed by atoms with Crippen LogP contribution in [0.2, 0.25) is 0 Å². The van der Waals surface area contributed by atoms with Gasteiger partial charge in [0.2, 0.25) is 0 Å². The Hall–Kier alpha value is -2.52. The Morgan fingerprint density at radius 1 is 1.04 bits per heavy atom. The van der Waals surface area contributed by atoms with Crippen LogP contribution >= 0.6 is 0 Å². The van der Waals surface area contributed by atoms with Crippen LogP contribution in [0.5, 0.6) is 11.5 Å². The van der Waals surface area contributed by atoms with Gasteiger partial charge in [-0.25, -0.2) is 14.5 Å². The van der Waals surface area contributed by atoms with Gasteiger partial charge in [-0.05, 0) is 19.1 Å². The Balaban J connectivity index is 2.56. The maximum absolute atomic E-state index is 12.0. The Morgan fingerprint density at radius 2 is 1.65 bits per heavy atom. The number of methoxy groups -OCH3 is 3. The van der Waals surface area contributed by atoms with Gasteiger partial charge in [0.15, 0.2) is 0 Å². The number of carbonyl (C=O) groups excluding carboxylic acids is 2. The number of rotatable bonds is 8. The Bertz CT molecular complexity index is 507. The van der Waals surface area contributed by atoms with Crippen LogP contribution in [0.1, 0.15) is 17.3 Å². The first-order chi connectivity index (χ1) is 11.0. The van der Waals surface area contributed by atoms with E-state index in [9.17, 15) is 9.59 Å². The second-order valence-electron chi connectivity index (χ2n) is 4.19. The Labute approximate surface area is 132 Å². The van der Waals surface area contributed by atoms with E-state index in [1.165, 1.54) is 33.5 Å². The molecule has 0 saturated heterocycles. The predicted octanol–water partition coefficient (Wildman–Crippen LogP) is 1.90. The van der Waals surface area contributed by atoms with Crippen molar-refractivity contribution in [3.8, 4) is 11.5 Å². The van der Waals surface area contributed by atoms with Crippen molar-refractivity contribution < 1.29 is 43.3 Å². The molecule has 0 saturated carbocycles. The summed E-state index contributed by atoms with van der Waals surface area (Å²) < 4.78 is 19.6. The monoisotopic (exact) mass is 330 g/mol. The molecule has 1 aromatic rings. The summed E-state index contributed by atoms with van der Waals surface area (Å²) in [5, 5.41) is 4.11. The van der Waals surface area contributed by atoms with E-state index in [0.717, 1.165) is 0 Å². The molecule has 0 radical (unpaired) electrons. The molecule has 0 heterocycles. The van der Waals surface area contributed by atoms with Crippen molar-refractivity contribution in [2.24, 2.45) is 0 Å². The fraction of sp³-hybridized carbons (Fsp3) is 0.429. The summed E-state index contributed by atoms with van der Waals surface area (Å²) in [4.78, 5) is 31.7. The lowest BCUT2D eigenvalue weighted by Gasteiger charge is -2.11. The first-order valence-corrected chi connectivity index (χ1v) is 6.49. The minimum absolute atomic E-state index is 0.0257. The van der Waals surface area contributed by atoms with Gasteiger partial charge in [-0.3, -0.25) is 4.89 Å². The van der Waals surface area contributed by atoms with Gasteiger partial charge in [0.1, 0.15) is 23.2 Å². The van der Waals surface area contributed by atoms with Gasteiger partial charge < -0.3 is 18.9 Å². The molecule has 1 unspecified atom stereocenters. The average molecular weight is 330 g/mol. The summed E-state index contributed by atoms with van der Waals surface area (Å²) >= 11 is 0. The van der Waals surface area contributed by atoms with Crippen LogP contribution in [-0.2, 0) is 24.3 Å². The standard InChI is InChI=1S/C14H18O9/c1-9(8-17-2)20-14(16)22-23-21-13(15)12-10(18-3)6-5-7-11(12)19-4/h5-7,9H,8H2,1-4H3. The van der Waals surface area contributed by atoms with Crippen molar-refractivity contribution >= 4 is 12.1 Å². The van der Waals surface area contributed by atoms with Crippen LogP contribution in [0.15, 0.2) is 18.2 Å². The normalized spacial score (nSPS) is 11.3. The number of ether oxygens (including phenoxy) is 4. The van der Waals surface area contributed by atoms with Gasteiger partial charge >= 0.3 is 12.1 Å². The highest BCUT2D eigenvalue weighted by atomic mass is 17.5. The van der Waals surface area contributed by atoms with Crippen LogP contribution in [0, 0.1) is 0 Å². The van der Waals surface area contributed by atoms with E-state index in [1.54, 1.807) is 13.0 Å². The molecule has 23 heavy (non-hydrogen) atoms. The van der Waals surface area contributed by atoms with Crippen molar-refractivity contribution in [3.63, 3.8) is 0 Å². The molecule has 0 aromatic heterocycles. The second-order valence-corrected chi connectivity index (χ2v) is 4.19. The molecule has 0 amide bonds.